The van der Waals surface area contributed by atoms with Crippen LogP contribution in [0.15, 0.2) is 42.2 Å². The number of rotatable bonds is 5. The van der Waals surface area contributed by atoms with Crippen molar-refractivity contribution in [2.45, 2.75) is 38.8 Å². The zero-order valence-electron chi connectivity index (χ0n) is 16.5. The molecule has 4 aromatic rings. The van der Waals surface area contributed by atoms with Gasteiger partial charge >= 0.3 is 0 Å². The molecule has 0 saturated heterocycles. The van der Waals surface area contributed by atoms with Crippen molar-refractivity contribution in [2.75, 3.05) is 5.32 Å². The Labute approximate surface area is 182 Å². The minimum Gasteiger partial charge on any atom is -0.363 e. The maximum absolute atomic E-state index is 12.8. The molecule has 0 spiro atoms. The summed E-state index contributed by atoms with van der Waals surface area (Å²) < 4.78 is 0. The van der Waals surface area contributed by atoms with Crippen molar-refractivity contribution in [1.29, 1.82) is 0 Å². The zero-order valence-corrected chi connectivity index (χ0v) is 18.1. The predicted molar refractivity (Wildman–Crippen MR) is 121 cm³/mol. The van der Waals surface area contributed by atoms with Gasteiger partial charge in [-0.1, -0.05) is 24.3 Å². The summed E-state index contributed by atoms with van der Waals surface area (Å²) in [6.45, 7) is 2.40. The molecule has 6 nitrogen and oxygen atoms in total. The largest absolute Gasteiger partial charge is 0.363 e. The Bertz CT molecular complexity index is 1200. The van der Waals surface area contributed by atoms with Gasteiger partial charge in [0, 0.05) is 11.6 Å². The Hall–Kier alpha value is -2.84. The van der Waals surface area contributed by atoms with Gasteiger partial charge in [-0.2, -0.15) is 0 Å². The molecule has 1 atom stereocenters. The van der Waals surface area contributed by atoms with Gasteiger partial charge in [0.15, 0.2) is 0 Å². The number of aryl methyl sites for hydroxylation is 2. The van der Waals surface area contributed by atoms with Crippen molar-refractivity contribution in [3.8, 4) is 0 Å². The van der Waals surface area contributed by atoms with Gasteiger partial charge in [-0.3, -0.25) is 4.79 Å². The van der Waals surface area contributed by atoms with Crippen LogP contribution in [0.3, 0.4) is 0 Å². The van der Waals surface area contributed by atoms with E-state index in [0.717, 1.165) is 45.9 Å². The maximum atomic E-state index is 12.8. The first-order valence-corrected chi connectivity index (χ1v) is 11.7. The van der Waals surface area contributed by atoms with E-state index < -0.39 is 0 Å². The predicted octanol–water partition coefficient (Wildman–Crippen LogP) is 4.88. The summed E-state index contributed by atoms with van der Waals surface area (Å²) >= 11 is 2.94. The van der Waals surface area contributed by atoms with Crippen LogP contribution in [0.4, 0.5) is 5.82 Å². The van der Waals surface area contributed by atoms with Gasteiger partial charge in [-0.05, 0) is 42.9 Å². The van der Waals surface area contributed by atoms with Gasteiger partial charge in [-0.25, -0.2) is 15.0 Å². The van der Waals surface area contributed by atoms with Crippen molar-refractivity contribution in [2.24, 2.45) is 0 Å². The van der Waals surface area contributed by atoms with Crippen LogP contribution in [0.2, 0.25) is 0 Å². The molecule has 1 unspecified atom stereocenters. The molecule has 8 heteroatoms. The van der Waals surface area contributed by atoms with E-state index in [1.54, 1.807) is 12.5 Å². The van der Waals surface area contributed by atoms with Gasteiger partial charge in [-0.15, -0.1) is 22.7 Å². The lowest BCUT2D eigenvalue weighted by atomic mass is 9.87. The molecule has 1 aliphatic rings. The third-order valence-corrected chi connectivity index (χ3v) is 7.48. The second-order valence-electron chi connectivity index (χ2n) is 7.36. The molecule has 0 radical (unpaired) electrons. The highest BCUT2D eigenvalue weighted by atomic mass is 32.1. The van der Waals surface area contributed by atoms with Crippen LogP contribution in [0.5, 0.6) is 0 Å². The summed E-state index contributed by atoms with van der Waals surface area (Å²) in [7, 11) is 0. The van der Waals surface area contributed by atoms with Crippen LogP contribution >= 0.6 is 22.7 Å². The number of thiophene rings is 1. The number of fused-ring (bicyclic) bond motifs is 2. The second-order valence-corrected chi connectivity index (χ2v) is 9.33. The van der Waals surface area contributed by atoms with E-state index in [1.807, 2.05) is 12.3 Å². The van der Waals surface area contributed by atoms with E-state index in [0.29, 0.717) is 11.4 Å². The van der Waals surface area contributed by atoms with Gasteiger partial charge < -0.3 is 10.6 Å². The van der Waals surface area contributed by atoms with Crippen LogP contribution < -0.4 is 10.6 Å². The molecule has 0 fully saturated rings. The second kappa shape index (κ2) is 8.12. The molecule has 0 aliphatic heterocycles. The highest BCUT2D eigenvalue weighted by molar-refractivity contribution is 7.20. The number of aromatic nitrogens is 3. The molecule has 0 saturated carbocycles. The van der Waals surface area contributed by atoms with Crippen molar-refractivity contribution in [1.82, 2.24) is 20.3 Å². The van der Waals surface area contributed by atoms with Crippen LogP contribution in [0, 0.1) is 6.92 Å². The average Bonchev–Trinajstić information content (AvgIpc) is 3.41. The third kappa shape index (κ3) is 3.57. The Balaban J connectivity index is 1.44. The fourth-order valence-corrected chi connectivity index (χ4v) is 5.66. The highest BCUT2D eigenvalue weighted by Gasteiger charge is 2.23. The van der Waals surface area contributed by atoms with E-state index in [9.17, 15) is 4.79 Å². The van der Waals surface area contributed by atoms with E-state index >= 15 is 0 Å². The first-order chi connectivity index (χ1) is 14.7. The number of amides is 1. The highest BCUT2D eigenvalue weighted by Crippen LogP contribution is 2.37. The average molecular weight is 436 g/mol. The molecule has 1 aliphatic carbocycles. The first kappa shape index (κ1) is 19.1. The molecule has 0 bridgehead atoms. The van der Waals surface area contributed by atoms with E-state index in [4.69, 9.17) is 0 Å². The number of carbonyl (C=O) groups excluding carboxylic acids is 1. The monoisotopic (exact) mass is 435 g/mol. The van der Waals surface area contributed by atoms with Crippen molar-refractivity contribution >= 4 is 44.6 Å². The topological polar surface area (TPSA) is 79.8 Å². The fourth-order valence-electron chi connectivity index (χ4n) is 4.04. The number of hydrogen-bond acceptors (Lipinski definition) is 7. The molecule has 3 aromatic heterocycles. The lowest BCUT2D eigenvalue weighted by molar-refractivity contribution is 0.0954. The van der Waals surface area contributed by atoms with Gasteiger partial charge in [0.2, 0.25) is 0 Å². The Kier molecular flexibility index (Phi) is 5.18. The number of carbonyl (C=O) groups is 1. The lowest BCUT2D eigenvalue weighted by Crippen LogP contribution is -2.22. The number of benzene rings is 1. The quantitative estimate of drug-likeness (QED) is 0.467. The Morgan fingerprint density at radius 3 is 3.00 bits per heavy atom. The summed E-state index contributed by atoms with van der Waals surface area (Å²) in [5.74, 6) is 0.703. The van der Waals surface area contributed by atoms with Gasteiger partial charge in [0.25, 0.3) is 5.91 Å². The molecule has 30 heavy (non-hydrogen) atoms. The normalized spacial score (nSPS) is 15.7. The molecule has 3 heterocycles. The van der Waals surface area contributed by atoms with Crippen LogP contribution in [-0.2, 0) is 13.0 Å². The molecular weight excluding hydrogens is 414 g/mol. The molecule has 2 N–H and O–H groups in total. The van der Waals surface area contributed by atoms with Crippen LogP contribution in [-0.4, -0.2) is 20.9 Å². The fraction of sp³-hybridized carbons (Fsp3) is 0.273. The van der Waals surface area contributed by atoms with Crippen LogP contribution in [0.25, 0.3) is 10.2 Å². The maximum Gasteiger partial charge on any atom is 0.262 e. The Morgan fingerprint density at radius 2 is 2.13 bits per heavy atom. The van der Waals surface area contributed by atoms with Crippen LogP contribution in [0.1, 0.15) is 50.3 Å². The minimum absolute atomic E-state index is 0.0975. The van der Waals surface area contributed by atoms with Crippen molar-refractivity contribution in [3.63, 3.8) is 0 Å². The Morgan fingerprint density at radius 1 is 1.23 bits per heavy atom. The molecule has 1 aromatic carbocycles. The summed E-state index contributed by atoms with van der Waals surface area (Å²) in [4.78, 5) is 27.5. The number of nitrogens with zero attached hydrogens (tertiary/aromatic N) is 3. The summed E-state index contributed by atoms with van der Waals surface area (Å²) in [6, 6.07) is 8.82. The van der Waals surface area contributed by atoms with E-state index in [2.05, 4.69) is 49.9 Å². The minimum atomic E-state index is -0.0975. The zero-order chi connectivity index (χ0) is 20.5. The summed E-state index contributed by atoms with van der Waals surface area (Å²) in [6.07, 6.45) is 6.65. The number of nitrogens with one attached hydrogen (secondary N) is 2. The summed E-state index contributed by atoms with van der Waals surface area (Å²) in [5.41, 5.74) is 3.65. The molecule has 1 amide bonds. The SMILES string of the molecule is Cc1c(C(=O)NCc2nccs2)sc2ncnc(NC3CCCc4ccccc43)c12. The molecule has 5 rings (SSSR count). The van der Waals surface area contributed by atoms with Crippen molar-refractivity contribution < 1.29 is 4.79 Å². The summed E-state index contributed by atoms with van der Waals surface area (Å²) in [5, 5.41) is 10.3. The number of hydrogen-bond donors (Lipinski definition) is 2. The third-order valence-electron chi connectivity index (χ3n) is 5.50. The smallest absolute Gasteiger partial charge is 0.262 e. The van der Waals surface area contributed by atoms with Gasteiger partial charge in [0.05, 0.1) is 22.8 Å². The standard InChI is InChI=1S/C22H21N5OS2/c1-13-18-20(27-16-8-4-6-14-5-2-3-7-15(14)16)25-12-26-22(18)30-19(13)21(28)24-11-17-23-9-10-29-17/h2-3,5,7,9-10,12,16H,4,6,8,11H2,1H3,(H,24,28)(H,25,26,27). The molecular formula is C22H21N5OS2. The number of anilines is 1. The van der Waals surface area contributed by atoms with E-state index in [1.165, 1.54) is 33.8 Å². The van der Waals surface area contributed by atoms with Crippen molar-refractivity contribution in [3.05, 3.63) is 68.7 Å². The lowest BCUT2D eigenvalue weighted by Gasteiger charge is -2.27. The number of thiazole rings is 1. The van der Waals surface area contributed by atoms with E-state index in [-0.39, 0.29) is 11.9 Å². The first-order valence-electron chi connectivity index (χ1n) is 9.95. The van der Waals surface area contributed by atoms with Gasteiger partial charge in [0.1, 0.15) is 22.0 Å². The molecule has 152 valence electrons.